The molecule has 2 aromatic heterocycles. The van der Waals surface area contributed by atoms with Crippen molar-refractivity contribution in [2.75, 3.05) is 7.11 Å². The Morgan fingerprint density at radius 3 is 2.96 bits per heavy atom. The van der Waals surface area contributed by atoms with Crippen molar-refractivity contribution in [2.24, 2.45) is 5.73 Å². The first-order valence-electron chi connectivity index (χ1n) is 7.56. The van der Waals surface area contributed by atoms with Gasteiger partial charge >= 0.3 is 0 Å². The van der Waals surface area contributed by atoms with Crippen LogP contribution in [0.25, 0.3) is 10.6 Å². The van der Waals surface area contributed by atoms with Crippen LogP contribution in [0.5, 0.6) is 11.6 Å². The molecule has 0 fully saturated rings. The second-order valence-electron chi connectivity index (χ2n) is 5.50. The van der Waals surface area contributed by atoms with E-state index in [4.69, 9.17) is 15.2 Å². The van der Waals surface area contributed by atoms with Gasteiger partial charge in [-0.2, -0.15) is 5.26 Å². The fourth-order valence-corrected chi connectivity index (χ4v) is 3.74. The zero-order valence-corrected chi connectivity index (χ0v) is 14.1. The number of H-pyrrole nitrogens is 1. The summed E-state index contributed by atoms with van der Waals surface area (Å²) < 4.78 is 10.9. The molecule has 0 saturated heterocycles. The molecule has 1 atom stereocenters. The summed E-state index contributed by atoms with van der Waals surface area (Å²) in [6, 6.07) is 13.7. The average Bonchev–Trinajstić information content (AvgIpc) is 3.29. The van der Waals surface area contributed by atoms with Gasteiger partial charge in [-0.1, -0.05) is 18.2 Å². The number of methoxy groups -OCH3 is 1. The van der Waals surface area contributed by atoms with Gasteiger partial charge in [0, 0.05) is 0 Å². The zero-order valence-electron chi connectivity index (χ0n) is 13.3. The minimum absolute atomic E-state index is 0.0760. The van der Waals surface area contributed by atoms with Gasteiger partial charge < -0.3 is 15.2 Å². The maximum absolute atomic E-state index is 9.68. The van der Waals surface area contributed by atoms with Gasteiger partial charge in [-0.25, -0.2) is 0 Å². The number of aromatic nitrogens is 2. The number of nitrogens with two attached hydrogens (primary N) is 1. The van der Waals surface area contributed by atoms with Gasteiger partial charge in [-0.15, -0.1) is 16.4 Å². The van der Waals surface area contributed by atoms with E-state index in [2.05, 4.69) is 16.3 Å². The topological polar surface area (TPSA) is 96.9 Å². The number of aromatic amines is 1. The van der Waals surface area contributed by atoms with Crippen molar-refractivity contribution in [3.63, 3.8) is 0 Å². The van der Waals surface area contributed by atoms with Crippen molar-refractivity contribution in [3.05, 3.63) is 64.4 Å². The van der Waals surface area contributed by atoms with E-state index in [0.717, 1.165) is 21.7 Å². The fourth-order valence-electron chi connectivity index (χ4n) is 3.01. The third-order valence-electron chi connectivity index (χ3n) is 4.13. The number of nitrogens with zero attached hydrogens (tertiary/aromatic N) is 2. The van der Waals surface area contributed by atoms with Crippen molar-refractivity contribution in [2.45, 2.75) is 5.92 Å². The molecule has 0 radical (unpaired) electrons. The highest BCUT2D eigenvalue weighted by molar-refractivity contribution is 7.13. The Balaban J connectivity index is 1.95. The van der Waals surface area contributed by atoms with Gasteiger partial charge in [0.05, 0.1) is 29.2 Å². The number of ether oxygens (including phenoxy) is 2. The predicted molar refractivity (Wildman–Crippen MR) is 94.2 cm³/mol. The van der Waals surface area contributed by atoms with E-state index in [0.29, 0.717) is 17.2 Å². The van der Waals surface area contributed by atoms with Crippen LogP contribution < -0.4 is 15.2 Å². The molecule has 0 saturated carbocycles. The van der Waals surface area contributed by atoms with Gasteiger partial charge in [-0.3, -0.25) is 5.10 Å². The van der Waals surface area contributed by atoms with E-state index >= 15 is 0 Å². The lowest BCUT2D eigenvalue weighted by Gasteiger charge is -2.24. The lowest BCUT2D eigenvalue weighted by Crippen LogP contribution is -2.20. The summed E-state index contributed by atoms with van der Waals surface area (Å²) >= 11 is 1.59. The Labute approximate surface area is 148 Å². The second kappa shape index (κ2) is 6.00. The van der Waals surface area contributed by atoms with Crippen molar-refractivity contribution in [1.29, 1.82) is 5.26 Å². The first-order chi connectivity index (χ1) is 12.2. The predicted octanol–water partition coefficient (Wildman–Crippen LogP) is 3.36. The summed E-state index contributed by atoms with van der Waals surface area (Å²) in [5, 5.41) is 18.9. The number of rotatable bonds is 3. The Morgan fingerprint density at radius 1 is 1.36 bits per heavy atom. The second-order valence-corrected chi connectivity index (χ2v) is 6.44. The van der Waals surface area contributed by atoms with Crippen LogP contribution in [0, 0.1) is 11.3 Å². The van der Waals surface area contributed by atoms with Crippen LogP contribution in [0.3, 0.4) is 0 Å². The average molecular weight is 350 g/mol. The quantitative estimate of drug-likeness (QED) is 0.755. The van der Waals surface area contributed by atoms with Crippen molar-refractivity contribution in [3.8, 4) is 28.3 Å². The molecule has 0 bridgehead atoms. The highest BCUT2D eigenvalue weighted by atomic mass is 32.1. The van der Waals surface area contributed by atoms with Gasteiger partial charge in [0.15, 0.2) is 0 Å². The molecule has 25 heavy (non-hydrogen) atoms. The number of hydrogen-bond acceptors (Lipinski definition) is 6. The summed E-state index contributed by atoms with van der Waals surface area (Å²) in [6.45, 7) is 0. The Morgan fingerprint density at radius 2 is 2.24 bits per heavy atom. The number of thiophene rings is 1. The molecule has 1 aromatic carbocycles. The molecule has 3 N–H and O–H groups in total. The van der Waals surface area contributed by atoms with Gasteiger partial charge in [0.25, 0.3) is 0 Å². The van der Waals surface area contributed by atoms with Crippen molar-refractivity contribution < 1.29 is 9.47 Å². The molecule has 3 aromatic rings. The molecular weight excluding hydrogens is 336 g/mol. The number of hydrogen-bond donors (Lipinski definition) is 2. The van der Waals surface area contributed by atoms with Gasteiger partial charge in [-0.05, 0) is 29.1 Å². The van der Waals surface area contributed by atoms with Crippen LogP contribution >= 0.6 is 11.3 Å². The number of fused-ring (bicyclic) bond motifs is 1. The number of nitriles is 1. The third-order valence-corrected chi connectivity index (χ3v) is 5.02. The lowest BCUT2D eigenvalue weighted by molar-refractivity contribution is 0.378. The fraction of sp³-hybridized carbons (Fsp3) is 0.111. The molecule has 0 unspecified atom stereocenters. The van der Waals surface area contributed by atoms with Crippen molar-refractivity contribution >= 4 is 11.3 Å². The largest absolute Gasteiger partial charge is 0.497 e. The van der Waals surface area contributed by atoms with Crippen LogP contribution in [-0.4, -0.2) is 17.3 Å². The number of nitrogens with one attached hydrogen (secondary N) is 1. The smallest absolute Gasteiger partial charge is 0.244 e. The third kappa shape index (κ3) is 2.44. The SMILES string of the molecule is COc1cccc([C@H]2C(C#N)=C(N)Oc3n[nH]c(-c4cccs4)c32)c1. The molecule has 3 heterocycles. The Kier molecular flexibility index (Phi) is 3.67. The summed E-state index contributed by atoms with van der Waals surface area (Å²) in [5.41, 5.74) is 8.87. The lowest BCUT2D eigenvalue weighted by atomic mass is 9.84. The molecular formula is C18H14N4O2S. The van der Waals surface area contributed by atoms with Crippen LogP contribution in [-0.2, 0) is 0 Å². The Bertz CT molecular complexity index is 999. The van der Waals surface area contributed by atoms with Crippen LogP contribution in [0.1, 0.15) is 17.0 Å². The maximum atomic E-state index is 9.68. The molecule has 0 amide bonds. The molecule has 1 aliphatic heterocycles. The normalized spacial score (nSPS) is 16.1. The standard InChI is InChI=1S/C18H14N4O2S/c1-23-11-5-2-4-10(8-11)14-12(9-19)17(20)24-18-15(14)16(21-22-18)13-6-3-7-25-13/h2-8,14H,20H2,1H3,(H,21,22)/t14-/m0/s1. The summed E-state index contributed by atoms with van der Waals surface area (Å²) in [5.74, 6) is 0.807. The minimum Gasteiger partial charge on any atom is -0.497 e. The highest BCUT2D eigenvalue weighted by Crippen LogP contribution is 2.46. The minimum atomic E-state index is -0.375. The van der Waals surface area contributed by atoms with Gasteiger partial charge in [0.1, 0.15) is 17.4 Å². The zero-order chi connectivity index (χ0) is 17.4. The number of allylic oxidation sites excluding steroid dienone is 1. The molecule has 0 spiro atoms. The molecule has 7 heteroatoms. The first-order valence-corrected chi connectivity index (χ1v) is 8.44. The molecule has 1 aliphatic rings. The first kappa shape index (κ1) is 15.3. The van der Waals surface area contributed by atoms with Crippen LogP contribution in [0.4, 0.5) is 0 Å². The van der Waals surface area contributed by atoms with Crippen molar-refractivity contribution in [1.82, 2.24) is 10.2 Å². The molecule has 6 nitrogen and oxygen atoms in total. The molecule has 0 aliphatic carbocycles. The van der Waals surface area contributed by atoms with E-state index in [1.807, 2.05) is 41.8 Å². The Hall–Kier alpha value is -3.24. The van der Waals surface area contributed by atoms with Gasteiger partial charge in [0.2, 0.25) is 11.8 Å². The molecule has 4 rings (SSSR count). The van der Waals surface area contributed by atoms with E-state index in [1.54, 1.807) is 18.4 Å². The number of benzene rings is 1. The van der Waals surface area contributed by atoms with Crippen LogP contribution in [0.15, 0.2) is 53.2 Å². The monoisotopic (exact) mass is 350 g/mol. The van der Waals surface area contributed by atoms with E-state index in [9.17, 15) is 5.26 Å². The van der Waals surface area contributed by atoms with E-state index in [1.165, 1.54) is 0 Å². The van der Waals surface area contributed by atoms with E-state index in [-0.39, 0.29) is 11.8 Å². The summed E-state index contributed by atoms with van der Waals surface area (Å²) in [4.78, 5) is 1.02. The highest BCUT2D eigenvalue weighted by Gasteiger charge is 2.35. The van der Waals surface area contributed by atoms with E-state index < -0.39 is 0 Å². The summed E-state index contributed by atoms with van der Waals surface area (Å²) in [7, 11) is 1.61. The van der Waals surface area contributed by atoms with Crippen LogP contribution in [0.2, 0.25) is 0 Å². The molecule has 124 valence electrons. The maximum Gasteiger partial charge on any atom is 0.244 e. The summed E-state index contributed by atoms with van der Waals surface area (Å²) in [6.07, 6.45) is 0.